The standard InChI is InChI=1S/C43H57N4O12P/c1-25(2)31(19-20-34(44)48)46-37(50)33-22-30-12-10-11-28-17-18-32(38(51)47(33)36(28)30)45-35(49)21-26(3)27-13-15-29(16-14-27)39(52)60(55,58-23-56-40(53)42(4,5)6)59-24-57-41(54)43(7,8)9/h10-16,21,25,31-33H,17-20,22-24H2,1-9H3,(H2,44,48)(H,45,49)(H,46,50)/b26-21+/t31-,32-,33-/m0/s1. The molecule has 3 atom stereocenters. The highest BCUT2D eigenvalue weighted by Crippen LogP contribution is 2.51. The van der Waals surface area contributed by atoms with Gasteiger partial charge < -0.3 is 25.8 Å². The van der Waals surface area contributed by atoms with Gasteiger partial charge in [-0.25, -0.2) is 0 Å². The van der Waals surface area contributed by atoms with E-state index in [0.29, 0.717) is 36.1 Å². The van der Waals surface area contributed by atoms with Crippen LogP contribution in [0.2, 0.25) is 0 Å². The molecular formula is C43H57N4O12P. The summed E-state index contributed by atoms with van der Waals surface area (Å²) in [5, 5.41) is 5.85. The van der Waals surface area contributed by atoms with Crippen LogP contribution in [-0.4, -0.2) is 72.8 Å². The molecule has 0 radical (unpaired) electrons. The molecule has 0 spiro atoms. The van der Waals surface area contributed by atoms with Gasteiger partial charge >= 0.3 is 19.5 Å². The number of nitrogens with two attached hydrogens (primary N) is 1. The highest BCUT2D eigenvalue weighted by molar-refractivity contribution is 7.72. The van der Waals surface area contributed by atoms with Gasteiger partial charge in [-0.1, -0.05) is 56.3 Å². The third-order valence-corrected chi connectivity index (χ3v) is 11.7. The van der Waals surface area contributed by atoms with Gasteiger partial charge in [-0.05, 0) is 95.9 Å². The maximum atomic E-state index is 14.2. The molecule has 0 fully saturated rings. The van der Waals surface area contributed by atoms with Crippen molar-refractivity contribution in [1.29, 1.82) is 0 Å². The second-order valence-corrected chi connectivity index (χ2v) is 19.3. The first kappa shape index (κ1) is 47.5. The van der Waals surface area contributed by atoms with Crippen LogP contribution < -0.4 is 21.3 Å². The SMILES string of the molecule is C/C(=C\C(=O)N[C@H]1CCc2cccc3c2N(C1=O)[C@H](C(=O)N[C@@H](CCC(N)=O)C(C)C)C3)c1ccc(C(=O)P(=O)(OCOC(=O)C(C)(C)C)OCOC(=O)C(C)(C)C)cc1. The van der Waals surface area contributed by atoms with Gasteiger partial charge in [0.25, 0.3) is 5.52 Å². The minimum atomic E-state index is -4.75. The number of para-hydroxylation sites is 1. The fourth-order valence-electron chi connectivity index (χ4n) is 6.54. The number of hydrogen-bond acceptors (Lipinski definition) is 12. The normalized spacial score (nSPS) is 17.3. The first-order valence-electron chi connectivity index (χ1n) is 19.8. The zero-order valence-corrected chi connectivity index (χ0v) is 36.6. The number of benzene rings is 2. The van der Waals surface area contributed by atoms with Crippen molar-refractivity contribution in [2.75, 3.05) is 18.5 Å². The molecule has 2 aromatic carbocycles. The van der Waals surface area contributed by atoms with E-state index in [4.69, 9.17) is 24.3 Å². The van der Waals surface area contributed by atoms with Gasteiger partial charge in [0.1, 0.15) is 12.1 Å². The van der Waals surface area contributed by atoms with Crippen molar-refractivity contribution < 1.29 is 56.6 Å². The summed E-state index contributed by atoms with van der Waals surface area (Å²) >= 11 is 0. The molecule has 0 saturated carbocycles. The summed E-state index contributed by atoms with van der Waals surface area (Å²) in [5.41, 5.74) is 5.73. The lowest BCUT2D eigenvalue weighted by Crippen LogP contribution is -2.56. The van der Waals surface area contributed by atoms with E-state index in [2.05, 4.69) is 10.6 Å². The van der Waals surface area contributed by atoms with Crippen molar-refractivity contribution in [2.24, 2.45) is 22.5 Å². The van der Waals surface area contributed by atoms with E-state index in [9.17, 15) is 38.1 Å². The summed E-state index contributed by atoms with van der Waals surface area (Å²) in [5.74, 6) is -3.18. The Morgan fingerprint density at radius 3 is 1.97 bits per heavy atom. The monoisotopic (exact) mass is 852 g/mol. The fourth-order valence-corrected chi connectivity index (χ4v) is 7.69. The van der Waals surface area contributed by atoms with Crippen LogP contribution in [0.25, 0.3) is 5.57 Å². The molecule has 4 N–H and O–H groups in total. The number of esters is 2. The number of primary amides is 1. The number of allylic oxidation sites excluding steroid dienone is 1. The molecule has 4 amide bonds. The average Bonchev–Trinajstić information content (AvgIpc) is 3.50. The smallest absolute Gasteiger partial charge is 0.407 e. The summed E-state index contributed by atoms with van der Waals surface area (Å²) < 4.78 is 34.3. The highest BCUT2D eigenvalue weighted by Gasteiger charge is 2.44. The average molecular weight is 853 g/mol. The van der Waals surface area contributed by atoms with E-state index in [-0.39, 0.29) is 36.3 Å². The molecule has 0 aliphatic carbocycles. The van der Waals surface area contributed by atoms with Crippen molar-refractivity contribution in [1.82, 2.24) is 10.6 Å². The minimum Gasteiger partial charge on any atom is -0.438 e. The van der Waals surface area contributed by atoms with Gasteiger partial charge in [0, 0.05) is 30.5 Å². The zero-order valence-electron chi connectivity index (χ0n) is 35.7. The lowest BCUT2D eigenvalue weighted by molar-refractivity contribution is -0.162. The Morgan fingerprint density at radius 2 is 1.43 bits per heavy atom. The molecule has 2 heterocycles. The third kappa shape index (κ3) is 12.0. The van der Waals surface area contributed by atoms with E-state index in [1.807, 2.05) is 32.0 Å². The van der Waals surface area contributed by atoms with E-state index in [1.54, 1.807) is 48.5 Å². The van der Waals surface area contributed by atoms with Crippen molar-refractivity contribution in [2.45, 2.75) is 113 Å². The third-order valence-electron chi connectivity index (χ3n) is 10.1. The molecule has 0 bridgehead atoms. The van der Waals surface area contributed by atoms with Crippen LogP contribution in [0.3, 0.4) is 0 Å². The van der Waals surface area contributed by atoms with E-state index in [1.165, 1.54) is 35.2 Å². The number of ether oxygens (including phenoxy) is 2. The highest BCUT2D eigenvalue weighted by atomic mass is 31.2. The Labute approximate surface area is 350 Å². The summed E-state index contributed by atoms with van der Waals surface area (Å²) in [7, 11) is -4.75. The summed E-state index contributed by atoms with van der Waals surface area (Å²) in [6.07, 6.45) is 2.83. The largest absolute Gasteiger partial charge is 0.438 e. The van der Waals surface area contributed by atoms with Crippen LogP contribution in [0.5, 0.6) is 0 Å². The maximum absolute atomic E-state index is 14.2. The van der Waals surface area contributed by atoms with Gasteiger partial charge in [0.15, 0.2) is 0 Å². The molecule has 4 rings (SSSR count). The van der Waals surface area contributed by atoms with Crippen molar-refractivity contribution >= 4 is 59.9 Å². The molecule has 16 nitrogen and oxygen atoms in total. The first-order valence-corrected chi connectivity index (χ1v) is 21.4. The minimum absolute atomic E-state index is 0.00367. The quantitative estimate of drug-likeness (QED) is 0.0793. The number of nitrogens with zero attached hydrogens (tertiary/aromatic N) is 1. The summed E-state index contributed by atoms with van der Waals surface area (Å²) in [6.45, 7) is 13.3. The Hall–Kier alpha value is -5.18. The summed E-state index contributed by atoms with van der Waals surface area (Å²) in [4.78, 5) is 92.5. The lowest BCUT2D eigenvalue weighted by Gasteiger charge is -2.30. The van der Waals surface area contributed by atoms with Gasteiger partial charge in [0.2, 0.25) is 37.2 Å². The number of aryl methyl sites for hydroxylation is 1. The molecule has 17 heteroatoms. The van der Waals surface area contributed by atoms with Crippen molar-refractivity contribution in [3.63, 3.8) is 0 Å². The molecule has 2 aromatic rings. The zero-order chi connectivity index (χ0) is 44.7. The molecule has 0 aromatic heterocycles. The van der Waals surface area contributed by atoms with Gasteiger partial charge in [-0.15, -0.1) is 0 Å². The predicted octanol–water partition coefficient (Wildman–Crippen LogP) is 5.35. The molecule has 60 heavy (non-hydrogen) atoms. The number of carbonyl (C=O) groups excluding carboxylic acids is 7. The van der Waals surface area contributed by atoms with E-state index < -0.39 is 79.3 Å². The van der Waals surface area contributed by atoms with Crippen LogP contribution in [0, 0.1) is 16.7 Å². The number of hydrogen-bond donors (Lipinski definition) is 3. The molecule has 326 valence electrons. The lowest BCUT2D eigenvalue weighted by atomic mass is 9.98. The van der Waals surface area contributed by atoms with Crippen LogP contribution >= 0.6 is 7.60 Å². The predicted molar refractivity (Wildman–Crippen MR) is 222 cm³/mol. The number of anilines is 1. The summed E-state index contributed by atoms with van der Waals surface area (Å²) in [6, 6.07) is 9.23. The first-order chi connectivity index (χ1) is 27.9. The Bertz CT molecular complexity index is 2030. The van der Waals surface area contributed by atoms with E-state index >= 15 is 0 Å². The Morgan fingerprint density at radius 1 is 0.883 bits per heavy atom. The van der Waals surface area contributed by atoms with Crippen molar-refractivity contribution in [3.8, 4) is 0 Å². The number of carbonyl (C=O) groups is 7. The van der Waals surface area contributed by atoms with Crippen molar-refractivity contribution in [3.05, 3.63) is 70.8 Å². The maximum Gasteiger partial charge on any atom is 0.407 e. The van der Waals surface area contributed by atoms with Crippen LogP contribution in [-0.2, 0) is 64.7 Å². The second-order valence-electron chi connectivity index (χ2n) is 17.4. The Balaban J connectivity index is 1.48. The topological polar surface area (TPSA) is 227 Å². The van der Waals surface area contributed by atoms with Crippen LogP contribution in [0.1, 0.15) is 109 Å². The van der Waals surface area contributed by atoms with Gasteiger partial charge in [0.05, 0.1) is 16.5 Å². The van der Waals surface area contributed by atoms with Crippen LogP contribution in [0.15, 0.2) is 48.5 Å². The number of amides is 4. The second kappa shape index (κ2) is 19.5. The van der Waals surface area contributed by atoms with Crippen LogP contribution in [0.4, 0.5) is 5.69 Å². The molecular weight excluding hydrogens is 795 g/mol. The van der Waals surface area contributed by atoms with E-state index in [0.717, 1.165) is 11.1 Å². The molecule has 0 saturated heterocycles. The van der Waals surface area contributed by atoms with Gasteiger partial charge in [-0.2, -0.15) is 0 Å². The molecule has 0 unspecified atom stereocenters. The number of nitrogens with one attached hydrogen (secondary N) is 2. The van der Waals surface area contributed by atoms with Gasteiger partial charge in [-0.3, -0.25) is 52.1 Å². The molecule has 2 aliphatic rings. The Kier molecular flexibility index (Phi) is 15.4. The number of rotatable bonds is 17. The molecule has 2 aliphatic heterocycles. The fraction of sp³-hybridized carbons (Fsp3) is 0.512.